The zero-order valence-corrected chi connectivity index (χ0v) is 8.86. The second-order valence-electron chi connectivity index (χ2n) is 4.43. The molecule has 0 aromatic rings. The van der Waals surface area contributed by atoms with E-state index in [0.29, 0.717) is 6.54 Å². The Bertz CT molecular complexity index is 249. The molecule has 0 aliphatic carbocycles. The fourth-order valence-electron chi connectivity index (χ4n) is 1.93. The van der Waals surface area contributed by atoms with Crippen molar-refractivity contribution in [3.8, 4) is 0 Å². The van der Waals surface area contributed by atoms with Gasteiger partial charge in [0.2, 0.25) is 0 Å². The highest BCUT2D eigenvalue weighted by molar-refractivity contribution is 5.13. The predicted molar refractivity (Wildman–Crippen MR) is 53.4 cm³/mol. The molecule has 3 N–H and O–H groups in total. The third kappa shape index (κ3) is 1.52. The van der Waals surface area contributed by atoms with E-state index in [4.69, 9.17) is 6.57 Å². The number of nitrogens with zero attached hydrogens (tertiary/aromatic N) is 1. The van der Waals surface area contributed by atoms with Crippen molar-refractivity contribution in [1.82, 2.24) is 5.32 Å². The molecule has 1 heterocycles. The van der Waals surface area contributed by atoms with Crippen molar-refractivity contribution in [1.29, 1.82) is 0 Å². The molecule has 0 saturated carbocycles. The molecule has 14 heavy (non-hydrogen) atoms. The van der Waals surface area contributed by atoms with Gasteiger partial charge in [0, 0.05) is 12.5 Å². The highest BCUT2D eigenvalue weighted by atomic mass is 16.3. The van der Waals surface area contributed by atoms with Crippen molar-refractivity contribution >= 4 is 0 Å². The summed E-state index contributed by atoms with van der Waals surface area (Å²) >= 11 is 0. The van der Waals surface area contributed by atoms with E-state index in [0.717, 1.165) is 0 Å². The van der Waals surface area contributed by atoms with Crippen LogP contribution < -0.4 is 5.32 Å². The van der Waals surface area contributed by atoms with Crippen LogP contribution in [0.25, 0.3) is 4.85 Å². The lowest BCUT2D eigenvalue weighted by Crippen LogP contribution is -2.56. The molecule has 1 fully saturated rings. The largest absolute Gasteiger partial charge is 0.383 e. The molecule has 0 aromatic heterocycles. The van der Waals surface area contributed by atoms with Crippen LogP contribution in [-0.4, -0.2) is 34.6 Å². The zero-order chi connectivity index (χ0) is 10.9. The van der Waals surface area contributed by atoms with Crippen LogP contribution in [0.15, 0.2) is 0 Å². The van der Waals surface area contributed by atoms with Gasteiger partial charge in [-0.05, 0) is 5.92 Å². The molecule has 1 rings (SSSR count). The summed E-state index contributed by atoms with van der Waals surface area (Å²) in [4.78, 5) is 3.41. The summed E-state index contributed by atoms with van der Waals surface area (Å²) in [6, 6.07) is 0. The smallest absolute Gasteiger partial charge is 0.337 e. The third-order valence-corrected chi connectivity index (χ3v) is 2.96. The monoisotopic (exact) mass is 198 g/mol. The second kappa shape index (κ2) is 3.85. The predicted octanol–water partition coefficient (Wildman–Crippen LogP) is 0.219. The average molecular weight is 198 g/mol. The van der Waals surface area contributed by atoms with Gasteiger partial charge in [-0.3, -0.25) is 4.85 Å². The molecular formula is C10H18N2O2. The first kappa shape index (κ1) is 11.4. The summed E-state index contributed by atoms with van der Waals surface area (Å²) < 4.78 is 0. The molecule has 4 heteroatoms. The molecular weight excluding hydrogens is 180 g/mol. The molecule has 0 aromatic carbocycles. The van der Waals surface area contributed by atoms with Crippen LogP contribution in [0.3, 0.4) is 0 Å². The van der Waals surface area contributed by atoms with E-state index in [9.17, 15) is 10.2 Å². The van der Waals surface area contributed by atoms with Gasteiger partial charge in [0.1, 0.15) is 0 Å². The summed E-state index contributed by atoms with van der Waals surface area (Å²) in [5, 5.41) is 22.8. The highest BCUT2D eigenvalue weighted by Gasteiger charge is 2.58. The van der Waals surface area contributed by atoms with Gasteiger partial charge in [-0.2, -0.15) is 0 Å². The SMILES string of the molecule is [C-]#[N+][C@]1([C@@H](O)C(C)C)NC[C@H](C)[C@@H]1O. The Hall–Kier alpha value is -0.630. The van der Waals surface area contributed by atoms with E-state index >= 15 is 0 Å². The number of aliphatic hydroxyl groups excluding tert-OH is 2. The van der Waals surface area contributed by atoms with Crippen LogP contribution in [0, 0.1) is 18.4 Å². The molecule has 0 spiro atoms. The summed E-state index contributed by atoms with van der Waals surface area (Å²) in [6.45, 7) is 13.3. The van der Waals surface area contributed by atoms with Gasteiger partial charge >= 0.3 is 5.66 Å². The number of rotatable bonds is 2. The van der Waals surface area contributed by atoms with Gasteiger partial charge in [0.05, 0.1) is 0 Å². The lowest BCUT2D eigenvalue weighted by molar-refractivity contribution is -0.0151. The van der Waals surface area contributed by atoms with E-state index in [1.165, 1.54) is 0 Å². The first-order valence-electron chi connectivity index (χ1n) is 4.95. The minimum atomic E-state index is -1.20. The number of hydrogen-bond acceptors (Lipinski definition) is 3. The van der Waals surface area contributed by atoms with Crippen molar-refractivity contribution < 1.29 is 10.2 Å². The standard InChI is InChI=1S/C10H18N2O2/c1-6(2)8(13)10(11-4)9(14)7(3)5-12-10/h6-9,12-14H,5H2,1-3H3/t7-,8-,9-,10+/m0/s1. The van der Waals surface area contributed by atoms with Gasteiger partial charge in [-0.1, -0.05) is 20.8 Å². The minimum absolute atomic E-state index is 0.0116. The Morgan fingerprint density at radius 2 is 2.14 bits per heavy atom. The van der Waals surface area contributed by atoms with Crippen LogP contribution in [-0.2, 0) is 0 Å². The van der Waals surface area contributed by atoms with Gasteiger partial charge in [0.25, 0.3) is 0 Å². The molecule has 1 aliphatic heterocycles. The highest BCUT2D eigenvalue weighted by Crippen LogP contribution is 2.32. The van der Waals surface area contributed by atoms with E-state index in [2.05, 4.69) is 10.2 Å². The number of nitrogens with one attached hydrogen (secondary N) is 1. The molecule has 0 radical (unpaired) electrons. The Balaban J connectivity index is 2.94. The Morgan fingerprint density at radius 1 is 1.57 bits per heavy atom. The Labute approximate surface area is 84.8 Å². The fraction of sp³-hybridized carbons (Fsp3) is 0.900. The first-order chi connectivity index (χ1) is 6.45. The van der Waals surface area contributed by atoms with Gasteiger partial charge < -0.3 is 10.2 Å². The van der Waals surface area contributed by atoms with Crippen molar-refractivity contribution in [2.24, 2.45) is 11.8 Å². The third-order valence-electron chi connectivity index (χ3n) is 2.96. The molecule has 0 amide bonds. The van der Waals surface area contributed by atoms with Gasteiger partial charge in [-0.15, -0.1) is 0 Å². The topological polar surface area (TPSA) is 56.8 Å². The van der Waals surface area contributed by atoms with E-state index in [-0.39, 0.29) is 11.8 Å². The van der Waals surface area contributed by atoms with Crippen molar-refractivity contribution in [2.45, 2.75) is 38.6 Å². The number of hydrogen-bond donors (Lipinski definition) is 3. The number of aliphatic hydroxyl groups is 2. The fourth-order valence-corrected chi connectivity index (χ4v) is 1.93. The zero-order valence-electron chi connectivity index (χ0n) is 8.86. The van der Waals surface area contributed by atoms with Crippen molar-refractivity contribution in [3.05, 3.63) is 11.4 Å². The maximum atomic E-state index is 9.93. The van der Waals surface area contributed by atoms with Crippen molar-refractivity contribution in [3.63, 3.8) is 0 Å². The molecule has 1 saturated heterocycles. The first-order valence-corrected chi connectivity index (χ1v) is 4.95. The van der Waals surface area contributed by atoms with Crippen LogP contribution in [0.1, 0.15) is 20.8 Å². The molecule has 4 nitrogen and oxygen atoms in total. The molecule has 4 atom stereocenters. The quantitative estimate of drug-likeness (QED) is 0.556. The normalized spacial score (nSPS) is 39.8. The van der Waals surface area contributed by atoms with E-state index in [1.807, 2.05) is 20.8 Å². The van der Waals surface area contributed by atoms with Crippen LogP contribution in [0.5, 0.6) is 0 Å². The van der Waals surface area contributed by atoms with Crippen molar-refractivity contribution in [2.75, 3.05) is 6.54 Å². The summed E-state index contributed by atoms with van der Waals surface area (Å²) in [5.41, 5.74) is -1.20. The molecule has 80 valence electrons. The van der Waals surface area contributed by atoms with Crippen LogP contribution in [0.2, 0.25) is 0 Å². The Morgan fingerprint density at radius 3 is 2.43 bits per heavy atom. The van der Waals surface area contributed by atoms with Crippen LogP contribution in [0.4, 0.5) is 0 Å². The molecule has 1 aliphatic rings. The minimum Gasteiger partial charge on any atom is -0.383 e. The maximum Gasteiger partial charge on any atom is 0.337 e. The average Bonchev–Trinajstić information content (AvgIpc) is 2.44. The summed E-state index contributed by atoms with van der Waals surface area (Å²) in [6.07, 6.45) is -1.63. The second-order valence-corrected chi connectivity index (χ2v) is 4.43. The molecule has 0 bridgehead atoms. The van der Waals surface area contributed by atoms with E-state index in [1.54, 1.807) is 0 Å². The lowest BCUT2D eigenvalue weighted by Gasteiger charge is -2.28. The Kier molecular flexibility index (Phi) is 3.15. The van der Waals surface area contributed by atoms with E-state index < -0.39 is 17.9 Å². The van der Waals surface area contributed by atoms with Gasteiger partial charge in [-0.25, -0.2) is 11.9 Å². The van der Waals surface area contributed by atoms with Gasteiger partial charge in [0.15, 0.2) is 12.2 Å². The summed E-state index contributed by atoms with van der Waals surface area (Å²) in [7, 11) is 0. The maximum absolute atomic E-state index is 9.93. The molecule has 0 unspecified atom stereocenters. The lowest BCUT2D eigenvalue weighted by atomic mass is 9.88. The summed E-state index contributed by atoms with van der Waals surface area (Å²) in [5.74, 6) is -0.0333. The van der Waals surface area contributed by atoms with Crippen LogP contribution >= 0.6 is 0 Å².